The second-order valence-electron chi connectivity index (χ2n) is 4.27. The number of rotatable bonds is 0. The predicted octanol–water partition coefficient (Wildman–Crippen LogP) is 0.656. The SMILES string of the molecule is O=C1NCCNCC12CCCCC2. The van der Waals surface area contributed by atoms with Crippen molar-refractivity contribution in [3.8, 4) is 0 Å². The summed E-state index contributed by atoms with van der Waals surface area (Å²) >= 11 is 0. The van der Waals surface area contributed by atoms with E-state index in [0.29, 0.717) is 0 Å². The van der Waals surface area contributed by atoms with Crippen LogP contribution < -0.4 is 10.6 Å². The highest BCUT2D eigenvalue weighted by atomic mass is 16.2. The van der Waals surface area contributed by atoms with E-state index in [1.807, 2.05) is 0 Å². The highest BCUT2D eigenvalue weighted by Crippen LogP contribution is 2.36. The van der Waals surface area contributed by atoms with E-state index in [1.54, 1.807) is 0 Å². The van der Waals surface area contributed by atoms with Gasteiger partial charge < -0.3 is 10.6 Å². The van der Waals surface area contributed by atoms with Gasteiger partial charge in [0, 0.05) is 19.6 Å². The summed E-state index contributed by atoms with van der Waals surface area (Å²) in [6.45, 7) is 2.60. The van der Waals surface area contributed by atoms with Gasteiger partial charge in [-0.05, 0) is 12.8 Å². The van der Waals surface area contributed by atoms with E-state index < -0.39 is 0 Å². The lowest BCUT2D eigenvalue weighted by Crippen LogP contribution is -2.44. The molecule has 2 N–H and O–H groups in total. The predicted molar refractivity (Wildman–Crippen MR) is 51.4 cm³/mol. The molecule has 0 bridgehead atoms. The van der Waals surface area contributed by atoms with Gasteiger partial charge in [0.15, 0.2) is 0 Å². The highest BCUT2D eigenvalue weighted by molar-refractivity contribution is 5.83. The monoisotopic (exact) mass is 182 g/mol. The molecule has 2 rings (SSSR count). The van der Waals surface area contributed by atoms with Crippen LogP contribution in [0.5, 0.6) is 0 Å². The zero-order chi connectivity index (χ0) is 9.15. The molecule has 1 saturated carbocycles. The quantitative estimate of drug-likeness (QED) is 0.577. The Kier molecular flexibility index (Phi) is 2.54. The molecule has 1 saturated heterocycles. The van der Waals surface area contributed by atoms with Crippen LogP contribution in [0.1, 0.15) is 32.1 Å². The topological polar surface area (TPSA) is 41.1 Å². The van der Waals surface area contributed by atoms with Gasteiger partial charge in [0.2, 0.25) is 5.91 Å². The summed E-state index contributed by atoms with van der Waals surface area (Å²) < 4.78 is 0. The van der Waals surface area contributed by atoms with Gasteiger partial charge in [-0.2, -0.15) is 0 Å². The maximum Gasteiger partial charge on any atom is 0.227 e. The van der Waals surface area contributed by atoms with Crippen LogP contribution in [0.4, 0.5) is 0 Å². The molecule has 13 heavy (non-hydrogen) atoms. The molecule has 1 aliphatic carbocycles. The normalized spacial score (nSPS) is 28.2. The molecular formula is C10H18N2O. The molecule has 3 heteroatoms. The molecule has 1 spiro atoms. The van der Waals surface area contributed by atoms with Crippen LogP contribution in [-0.4, -0.2) is 25.5 Å². The van der Waals surface area contributed by atoms with Crippen LogP contribution in [-0.2, 0) is 4.79 Å². The third-order valence-corrected chi connectivity index (χ3v) is 3.34. The molecule has 0 unspecified atom stereocenters. The Labute approximate surface area is 79.3 Å². The van der Waals surface area contributed by atoms with E-state index in [1.165, 1.54) is 19.3 Å². The van der Waals surface area contributed by atoms with Gasteiger partial charge in [0.1, 0.15) is 0 Å². The van der Waals surface area contributed by atoms with E-state index in [9.17, 15) is 4.79 Å². The molecule has 3 nitrogen and oxygen atoms in total. The van der Waals surface area contributed by atoms with Crippen LogP contribution in [0.3, 0.4) is 0 Å². The molecule has 1 aliphatic heterocycles. The molecule has 1 heterocycles. The number of amides is 1. The summed E-state index contributed by atoms with van der Waals surface area (Å²) in [5.74, 6) is 0.289. The minimum absolute atomic E-state index is 0.0608. The average molecular weight is 182 g/mol. The Morgan fingerprint density at radius 3 is 2.62 bits per heavy atom. The van der Waals surface area contributed by atoms with E-state index in [4.69, 9.17) is 0 Å². The lowest BCUT2D eigenvalue weighted by atomic mass is 9.73. The fourth-order valence-electron chi connectivity index (χ4n) is 2.49. The molecule has 0 aromatic rings. The van der Waals surface area contributed by atoms with Gasteiger partial charge in [-0.15, -0.1) is 0 Å². The van der Waals surface area contributed by atoms with Crippen LogP contribution in [0.2, 0.25) is 0 Å². The van der Waals surface area contributed by atoms with Crippen molar-refractivity contribution in [1.29, 1.82) is 0 Å². The van der Waals surface area contributed by atoms with Crippen LogP contribution in [0.15, 0.2) is 0 Å². The Hall–Kier alpha value is -0.570. The third kappa shape index (κ3) is 1.70. The summed E-state index contributed by atoms with van der Waals surface area (Å²) in [7, 11) is 0. The zero-order valence-corrected chi connectivity index (χ0v) is 8.07. The maximum absolute atomic E-state index is 11.8. The van der Waals surface area contributed by atoms with Crippen molar-refractivity contribution in [2.45, 2.75) is 32.1 Å². The Bertz CT molecular complexity index is 197. The van der Waals surface area contributed by atoms with Crippen molar-refractivity contribution in [2.75, 3.05) is 19.6 Å². The molecule has 2 aliphatic rings. The summed E-state index contributed by atoms with van der Waals surface area (Å²) in [6.07, 6.45) is 5.89. The van der Waals surface area contributed by atoms with E-state index in [-0.39, 0.29) is 11.3 Å². The smallest absolute Gasteiger partial charge is 0.227 e. The lowest BCUT2D eigenvalue weighted by Gasteiger charge is -2.34. The Morgan fingerprint density at radius 1 is 1.08 bits per heavy atom. The standard InChI is InChI=1S/C10H18N2O/c13-9-10(4-2-1-3-5-10)8-11-6-7-12-9/h11H,1-8H2,(H,12,13). The minimum atomic E-state index is -0.0608. The Balaban J connectivity index is 2.10. The molecule has 74 valence electrons. The summed E-state index contributed by atoms with van der Waals surface area (Å²) in [4.78, 5) is 11.8. The fourth-order valence-corrected chi connectivity index (χ4v) is 2.49. The number of carbonyl (C=O) groups is 1. The first-order valence-corrected chi connectivity index (χ1v) is 5.33. The third-order valence-electron chi connectivity index (χ3n) is 3.34. The number of hydrogen-bond donors (Lipinski definition) is 2. The first-order valence-electron chi connectivity index (χ1n) is 5.33. The van der Waals surface area contributed by atoms with Crippen molar-refractivity contribution in [3.63, 3.8) is 0 Å². The van der Waals surface area contributed by atoms with Gasteiger partial charge in [0.05, 0.1) is 5.41 Å². The summed E-state index contributed by atoms with van der Waals surface area (Å²) in [6, 6.07) is 0. The van der Waals surface area contributed by atoms with E-state index in [0.717, 1.165) is 32.5 Å². The first-order chi connectivity index (χ1) is 6.33. The molecule has 2 fully saturated rings. The highest BCUT2D eigenvalue weighted by Gasteiger charge is 2.39. The van der Waals surface area contributed by atoms with E-state index >= 15 is 0 Å². The van der Waals surface area contributed by atoms with Gasteiger partial charge in [-0.1, -0.05) is 19.3 Å². The fraction of sp³-hybridized carbons (Fsp3) is 0.900. The summed E-state index contributed by atoms with van der Waals surface area (Å²) in [5, 5.41) is 6.36. The number of carbonyl (C=O) groups excluding carboxylic acids is 1. The number of hydrogen-bond acceptors (Lipinski definition) is 2. The van der Waals surface area contributed by atoms with Gasteiger partial charge in [-0.25, -0.2) is 0 Å². The zero-order valence-electron chi connectivity index (χ0n) is 8.07. The largest absolute Gasteiger partial charge is 0.354 e. The molecule has 0 aromatic carbocycles. The molecule has 1 amide bonds. The first kappa shape index (κ1) is 9.00. The summed E-state index contributed by atoms with van der Waals surface area (Å²) in [5.41, 5.74) is -0.0608. The van der Waals surface area contributed by atoms with Gasteiger partial charge in [0.25, 0.3) is 0 Å². The van der Waals surface area contributed by atoms with Crippen LogP contribution in [0.25, 0.3) is 0 Å². The van der Waals surface area contributed by atoms with Crippen LogP contribution >= 0.6 is 0 Å². The maximum atomic E-state index is 11.8. The average Bonchev–Trinajstić information content (AvgIpc) is 2.33. The number of nitrogens with one attached hydrogen (secondary N) is 2. The second kappa shape index (κ2) is 3.66. The van der Waals surface area contributed by atoms with E-state index in [2.05, 4.69) is 10.6 Å². The lowest BCUT2D eigenvalue weighted by molar-refractivity contribution is -0.131. The molecule has 0 atom stereocenters. The minimum Gasteiger partial charge on any atom is -0.354 e. The second-order valence-corrected chi connectivity index (χ2v) is 4.27. The van der Waals surface area contributed by atoms with Crippen molar-refractivity contribution in [3.05, 3.63) is 0 Å². The molecule has 0 radical (unpaired) electrons. The van der Waals surface area contributed by atoms with Gasteiger partial charge >= 0.3 is 0 Å². The molecule has 0 aromatic heterocycles. The van der Waals surface area contributed by atoms with Crippen molar-refractivity contribution < 1.29 is 4.79 Å². The van der Waals surface area contributed by atoms with Crippen molar-refractivity contribution in [1.82, 2.24) is 10.6 Å². The van der Waals surface area contributed by atoms with Crippen molar-refractivity contribution >= 4 is 5.91 Å². The molecular weight excluding hydrogens is 164 g/mol. The van der Waals surface area contributed by atoms with Crippen molar-refractivity contribution in [2.24, 2.45) is 5.41 Å². The Morgan fingerprint density at radius 2 is 1.85 bits per heavy atom. The van der Waals surface area contributed by atoms with Gasteiger partial charge in [-0.3, -0.25) is 4.79 Å². The van der Waals surface area contributed by atoms with Crippen LogP contribution in [0, 0.1) is 5.41 Å².